The number of carbonyl (C=O) groups is 2. The van der Waals surface area contributed by atoms with E-state index >= 15 is 0 Å². The lowest BCUT2D eigenvalue weighted by molar-refractivity contribution is -0.153. The average Bonchev–Trinajstić information content (AvgIpc) is 3.04. The highest BCUT2D eigenvalue weighted by atomic mass is 16.6. The first kappa shape index (κ1) is 24.9. The van der Waals surface area contributed by atoms with E-state index < -0.39 is 5.97 Å². The minimum atomic E-state index is -0.393. The monoisotopic (exact) mass is 398 g/mol. The first-order valence-corrected chi connectivity index (χ1v) is 10.8. The topological polar surface area (TPSA) is 43.4 Å². The van der Waals surface area contributed by atoms with Gasteiger partial charge in [0.2, 0.25) is 0 Å². The van der Waals surface area contributed by atoms with E-state index in [0.717, 1.165) is 32.1 Å². The van der Waals surface area contributed by atoms with E-state index in [2.05, 4.69) is 69.7 Å². The summed E-state index contributed by atoms with van der Waals surface area (Å²) in [4.78, 5) is 23.1. The second kappa shape index (κ2) is 13.1. The molecular weight excluding hydrogens is 360 g/mol. The number of hydrogen-bond donors (Lipinski definition) is 0. The van der Waals surface area contributed by atoms with Gasteiger partial charge < -0.3 is 4.74 Å². The van der Waals surface area contributed by atoms with E-state index in [0.29, 0.717) is 6.42 Å². The first-order chi connectivity index (χ1) is 13.9. The SMILES string of the molecule is CC=C(C)CC(=CC)CC(=CC)CC(=CC)CCC(=CC)CC1CC(=O)OC1=O. The molecule has 0 aromatic carbocycles. The Morgan fingerprint density at radius 3 is 1.79 bits per heavy atom. The molecule has 1 saturated heterocycles. The van der Waals surface area contributed by atoms with Crippen LogP contribution in [0.3, 0.4) is 0 Å². The van der Waals surface area contributed by atoms with Gasteiger partial charge in [0.25, 0.3) is 0 Å². The molecule has 1 fully saturated rings. The summed E-state index contributed by atoms with van der Waals surface area (Å²) in [6.07, 6.45) is 16.7. The van der Waals surface area contributed by atoms with Crippen molar-refractivity contribution in [3.8, 4) is 0 Å². The Bertz CT molecular complexity index is 729. The number of rotatable bonds is 11. The lowest BCUT2D eigenvalue weighted by atomic mass is 9.90. The molecular formula is C26H38O3. The smallest absolute Gasteiger partial charge is 0.317 e. The van der Waals surface area contributed by atoms with E-state index in [9.17, 15) is 9.59 Å². The van der Waals surface area contributed by atoms with Crippen LogP contribution in [-0.2, 0) is 14.3 Å². The van der Waals surface area contributed by atoms with Gasteiger partial charge in [-0.3, -0.25) is 9.59 Å². The van der Waals surface area contributed by atoms with Gasteiger partial charge in [0.1, 0.15) is 0 Å². The summed E-state index contributed by atoms with van der Waals surface area (Å²) in [6, 6.07) is 0. The van der Waals surface area contributed by atoms with Crippen LogP contribution in [0.1, 0.15) is 86.5 Å². The van der Waals surface area contributed by atoms with Gasteiger partial charge in [-0.25, -0.2) is 0 Å². The van der Waals surface area contributed by atoms with Crippen LogP contribution in [0.25, 0.3) is 0 Å². The number of esters is 2. The fourth-order valence-corrected chi connectivity index (χ4v) is 3.59. The Kier molecular flexibility index (Phi) is 11.3. The first-order valence-electron chi connectivity index (χ1n) is 10.8. The predicted octanol–water partition coefficient (Wildman–Crippen LogP) is 7.17. The van der Waals surface area contributed by atoms with Crippen LogP contribution in [0.2, 0.25) is 0 Å². The van der Waals surface area contributed by atoms with Crippen molar-refractivity contribution in [1.82, 2.24) is 0 Å². The maximum atomic E-state index is 11.7. The molecule has 0 aromatic heterocycles. The van der Waals surface area contributed by atoms with Crippen molar-refractivity contribution in [2.75, 3.05) is 0 Å². The Morgan fingerprint density at radius 1 is 0.793 bits per heavy atom. The second-order valence-electron chi connectivity index (χ2n) is 7.85. The Morgan fingerprint density at radius 2 is 1.31 bits per heavy atom. The van der Waals surface area contributed by atoms with E-state index in [4.69, 9.17) is 0 Å². The standard InChI is InChI=1S/C26H38O3/c1-7-19(6)14-22(10-4)16-23(11-5)15-20(8-2)12-13-21(9-3)17-24-18-25(27)29-26(24)28/h7-11,24H,12-18H2,1-6H3. The zero-order chi connectivity index (χ0) is 21.8. The maximum absolute atomic E-state index is 11.7. The molecule has 1 rings (SSSR count). The number of allylic oxidation sites excluding steroid dienone is 10. The second-order valence-corrected chi connectivity index (χ2v) is 7.85. The van der Waals surface area contributed by atoms with Crippen LogP contribution in [0.4, 0.5) is 0 Å². The Hall–Kier alpha value is -2.16. The molecule has 3 heteroatoms. The van der Waals surface area contributed by atoms with E-state index in [-0.39, 0.29) is 18.3 Å². The molecule has 0 aromatic rings. The zero-order valence-electron chi connectivity index (χ0n) is 19.1. The molecule has 0 spiro atoms. The Labute approximate surface area is 177 Å². The highest BCUT2D eigenvalue weighted by Crippen LogP contribution is 2.29. The predicted molar refractivity (Wildman–Crippen MR) is 121 cm³/mol. The number of cyclic esters (lactones) is 2. The lowest BCUT2D eigenvalue weighted by Crippen LogP contribution is -2.08. The highest BCUT2D eigenvalue weighted by Gasteiger charge is 2.33. The molecule has 1 aliphatic rings. The average molecular weight is 399 g/mol. The van der Waals surface area contributed by atoms with Crippen molar-refractivity contribution in [2.45, 2.75) is 86.5 Å². The van der Waals surface area contributed by atoms with Crippen molar-refractivity contribution < 1.29 is 14.3 Å². The summed E-state index contributed by atoms with van der Waals surface area (Å²) >= 11 is 0. The molecule has 3 nitrogen and oxygen atoms in total. The van der Waals surface area contributed by atoms with Gasteiger partial charge in [-0.1, -0.05) is 58.2 Å². The van der Waals surface area contributed by atoms with Crippen LogP contribution in [0, 0.1) is 5.92 Å². The fourth-order valence-electron chi connectivity index (χ4n) is 3.59. The molecule has 1 aliphatic heterocycles. The van der Waals surface area contributed by atoms with Crippen molar-refractivity contribution >= 4 is 11.9 Å². The summed E-state index contributed by atoms with van der Waals surface area (Å²) in [6.45, 7) is 12.6. The molecule has 29 heavy (non-hydrogen) atoms. The van der Waals surface area contributed by atoms with Gasteiger partial charge in [0, 0.05) is 0 Å². The molecule has 0 saturated carbocycles. The van der Waals surface area contributed by atoms with E-state index in [1.165, 1.54) is 27.9 Å². The minimum absolute atomic E-state index is 0.215. The normalized spacial score (nSPS) is 19.8. The quantitative estimate of drug-likeness (QED) is 0.210. The largest absolute Gasteiger partial charge is 0.393 e. The highest BCUT2D eigenvalue weighted by molar-refractivity contribution is 5.94. The number of ether oxygens (including phenoxy) is 1. The van der Waals surface area contributed by atoms with Gasteiger partial charge in [-0.05, 0) is 80.1 Å². The van der Waals surface area contributed by atoms with Gasteiger partial charge in [-0.2, -0.15) is 0 Å². The van der Waals surface area contributed by atoms with Crippen LogP contribution in [0.5, 0.6) is 0 Å². The molecule has 1 unspecified atom stereocenters. The van der Waals surface area contributed by atoms with Crippen LogP contribution >= 0.6 is 0 Å². The molecule has 0 amide bonds. The van der Waals surface area contributed by atoms with Crippen molar-refractivity contribution in [2.24, 2.45) is 5.92 Å². The summed E-state index contributed by atoms with van der Waals surface area (Å²) in [5.41, 5.74) is 6.95. The Balaban J connectivity index is 2.63. The third kappa shape index (κ3) is 8.81. The minimum Gasteiger partial charge on any atom is -0.393 e. The summed E-state index contributed by atoms with van der Waals surface area (Å²) in [5, 5.41) is 0. The van der Waals surface area contributed by atoms with E-state index in [1.807, 2.05) is 6.92 Å². The fraction of sp³-hybridized carbons (Fsp3) is 0.538. The molecule has 0 radical (unpaired) electrons. The van der Waals surface area contributed by atoms with Crippen LogP contribution in [0.15, 0.2) is 58.2 Å². The molecule has 160 valence electrons. The van der Waals surface area contributed by atoms with Crippen LogP contribution in [-0.4, -0.2) is 11.9 Å². The number of hydrogen-bond acceptors (Lipinski definition) is 3. The summed E-state index contributed by atoms with van der Waals surface area (Å²) in [5.74, 6) is -1.07. The molecule has 1 heterocycles. The van der Waals surface area contributed by atoms with Crippen LogP contribution < -0.4 is 0 Å². The third-order valence-electron chi connectivity index (χ3n) is 5.78. The van der Waals surface area contributed by atoms with E-state index in [1.54, 1.807) is 0 Å². The molecule has 0 bridgehead atoms. The van der Waals surface area contributed by atoms with Crippen molar-refractivity contribution in [1.29, 1.82) is 0 Å². The molecule has 0 N–H and O–H groups in total. The van der Waals surface area contributed by atoms with Crippen molar-refractivity contribution in [3.05, 3.63) is 58.2 Å². The summed E-state index contributed by atoms with van der Waals surface area (Å²) in [7, 11) is 0. The third-order valence-corrected chi connectivity index (χ3v) is 5.78. The van der Waals surface area contributed by atoms with Gasteiger partial charge in [-0.15, -0.1) is 0 Å². The van der Waals surface area contributed by atoms with Gasteiger partial charge in [0.15, 0.2) is 0 Å². The molecule has 0 aliphatic carbocycles. The lowest BCUT2D eigenvalue weighted by Gasteiger charge is -2.15. The molecule has 1 atom stereocenters. The zero-order valence-corrected chi connectivity index (χ0v) is 19.1. The van der Waals surface area contributed by atoms with Gasteiger partial charge >= 0.3 is 11.9 Å². The number of carbonyl (C=O) groups excluding carboxylic acids is 2. The van der Waals surface area contributed by atoms with Gasteiger partial charge in [0.05, 0.1) is 12.3 Å². The summed E-state index contributed by atoms with van der Waals surface area (Å²) < 4.78 is 4.68. The van der Waals surface area contributed by atoms with Crippen molar-refractivity contribution in [3.63, 3.8) is 0 Å². The maximum Gasteiger partial charge on any atom is 0.317 e.